The first-order valence-electron chi connectivity index (χ1n) is 10.1. The van der Waals surface area contributed by atoms with E-state index < -0.39 is 0 Å². The normalized spacial score (nSPS) is 38.4. The number of hydrogen-bond acceptors (Lipinski definition) is 2. The van der Waals surface area contributed by atoms with Crippen LogP contribution in [0.3, 0.4) is 0 Å². The van der Waals surface area contributed by atoms with Crippen molar-refractivity contribution in [3.63, 3.8) is 0 Å². The zero-order valence-electron chi connectivity index (χ0n) is 14.8. The van der Waals surface area contributed by atoms with Gasteiger partial charge in [-0.1, -0.05) is 17.7 Å². The molecule has 4 aliphatic carbocycles. The summed E-state index contributed by atoms with van der Waals surface area (Å²) in [6, 6.07) is 5.65. The first-order chi connectivity index (χ1) is 12.2. The van der Waals surface area contributed by atoms with Crippen LogP contribution in [-0.4, -0.2) is 42.0 Å². The van der Waals surface area contributed by atoms with Crippen molar-refractivity contribution in [3.05, 3.63) is 34.6 Å². The molecule has 2 nitrogen and oxygen atoms in total. The van der Waals surface area contributed by atoms with Crippen LogP contribution in [0, 0.1) is 29.5 Å². The van der Waals surface area contributed by atoms with Gasteiger partial charge in [-0.25, -0.2) is 4.39 Å². The van der Waals surface area contributed by atoms with Gasteiger partial charge in [0.05, 0.1) is 0 Å². The number of rotatable bonds is 3. The summed E-state index contributed by atoms with van der Waals surface area (Å²) < 4.78 is 13.2. The van der Waals surface area contributed by atoms with Crippen molar-refractivity contribution in [2.24, 2.45) is 23.7 Å². The van der Waals surface area contributed by atoms with Crippen LogP contribution >= 0.6 is 11.6 Å². The monoisotopic (exact) mass is 362 g/mol. The summed E-state index contributed by atoms with van der Waals surface area (Å²) >= 11 is 6.20. The topological polar surface area (TPSA) is 6.48 Å². The molecule has 0 spiro atoms. The van der Waals surface area contributed by atoms with E-state index >= 15 is 0 Å². The minimum Gasteiger partial charge on any atom is -0.297 e. The van der Waals surface area contributed by atoms with Crippen LogP contribution < -0.4 is 0 Å². The molecule has 0 atom stereocenters. The summed E-state index contributed by atoms with van der Waals surface area (Å²) in [7, 11) is 0. The third-order valence-electron chi connectivity index (χ3n) is 7.41. The molecule has 1 saturated heterocycles. The van der Waals surface area contributed by atoms with Gasteiger partial charge in [-0.05, 0) is 73.5 Å². The zero-order valence-corrected chi connectivity index (χ0v) is 15.6. The molecule has 1 aromatic rings. The quantitative estimate of drug-likeness (QED) is 0.785. The second-order valence-electron chi connectivity index (χ2n) is 8.97. The molecule has 5 aliphatic rings. The SMILES string of the molecule is Fc1ccc(CN2CCN(C3C4CC5CC(C4)CC3C5)CC2)c(Cl)c1. The Morgan fingerprint density at radius 3 is 2.16 bits per heavy atom. The van der Waals surface area contributed by atoms with E-state index in [2.05, 4.69) is 9.80 Å². The van der Waals surface area contributed by atoms with Crippen LogP contribution in [0.1, 0.15) is 37.7 Å². The highest BCUT2D eigenvalue weighted by Gasteiger charge is 2.50. The van der Waals surface area contributed by atoms with Crippen LogP contribution in [0.15, 0.2) is 18.2 Å². The van der Waals surface area contributed by atoms with E-state index in [1.807, 2.05) is 6.07 Å². The standard InChI is InChI=1S/C21H28ClFN2/c22-20-12-19(23)2-1-16(20)13-24-3-5-25(6-4-24)21-17-8-14-7-15(10-17)11-18(21)9-14/h1-2,12,14-15,17-18,21H,3-11,13H2. The number of benzene rings is 1. The lowest BCUT2D eigenvalue weighted by Crippen LogP contribution is -2.60. The second-order valence-corrected chi connectivity index (χ2v) is 9.38. The third-order valence-corrected chi connectivity index (χ3v) is 7.77. The molecular weight excluding hydrogens is 335 g/mol. The number of piperazine rings is 1. The van der Waals surface area contributed by atoms with Gasteiger partial charge in [-0.15, -0.1) is 0 Å². The van der Waals surface area contributed by atoms with Gasteiger partial charge in [0, 0.05) is 43.8 Å². The summed E-state index contributed by atoms with van der Waals surface area (Å²) in [4.78, 5) is 5.29. The molecule has 6 rings (SSSR count). The molecule has 1 aliphatic heterocycles. The van der Waals surface area contributed by atoms with Gasteiger partial charge in [-0.3, -0.25) is 9.80 Å². The molecule has 0 N–H and O–H groups in total. The highest BCUT2D eigenvalue weighted by Crippen LogP contribution is 2.55. The lowest BCUT2D eigenvalue weighted by Gasteiger charge is -2.58. The molecule has 5 fully saturated rings. The molecule has 1 aromatic carbocycles. The van der Waals surface area contributed by atoms with E-state index in [1.54, 1.807) is 0 Å². The Hall–Kier alpha value is -0.640. The number of nitrogens with zero attached hydrogens (tertiary/aromatic N) is 2. The molecule has 0 amide bonds. The van der Waals surface area contributed by atoms with Gasteiger partial charge in [0.15, 0.2) is 0 Å². The Morgan fingerprint density at radius 1 is 0.920 bits per heavy atom. The summed E-state index contributed by atoms with van der Waals surface area (Å²) in [6.07, 6.45) is 7.55. The van der Waals surface area contributed by atoms with Crippen molar-refractivity contribution >= 4 is 11.6 Å². The Balaban J connectivity index is 1.20. The van der Waals surface area contributed by atoms with Crippen LogP contribution in [-0.2, 0) is 6.54 Å². The highest BCUT2D eigenvalue weighted by molar-refractivity contribution is 6.31. The Bertz CT molecular complexity index is 613. The van der Waals surface area contributed by atoms with Gasteiger partial charge in [0.1, 0.15) is 5.82 Å². The number of halogens is 2. The van der Waals surface area contributed by atoms with Gasteiger partial charge in [0.25, 0.3) is 0 Å². The lowest BCUT2D eigenvalue weighted by atomic mass is 9.54. The molecule has 4 bridgehead atoms. The Kier molecular flexibility index (Phi) is 4.30. The van der Waals surface area contributed by atoms with E-state index in [-0.39, 0.29) is 5.82 Å². The van der Waals surface area contributed by atoms with Crippen molar-refractivity contribution in [1.82, 2.24) is 9.80 Å². The fourth-order valence-electron chi connectivity index (χ4n) is 6.60. The zero-order chi connectivity index (χ0) is 17.0. The minimum absolute atomic E-state index is 0.250. The summed E-state index contributed by atoms with van der Waals surface area (Å²) in [5.74, 6) is 3.82. The molecule has 4 heteroatoms. The predicted octanol–water partition coefficient (Wildman–Crippen LogP) is 4.42. The third kappa shape index (κ3) is 3.13. The van der Waals surface area contributed by atoms with Crippen LogP contribution in [0.4, 0.5) is 4.39 Å². The molecule has 4 saturated carbocycles. The fourth-order valence-corrected chi connectivity index (χ4v) is 6.83. The average Bonchev–Trinajstić information content (AvgIpc) is 2.58. The molecule has 136 valence electrons. The smallest absolute Gasteiger partial charge is 0.124 e. The second kappa shape index (κ2) is 6.51. The van der Waals surface area contributed by atoms with E-state index in [9.17, 15) is 4.39 Å². The lowest BCUT2D eigenvalue weighted by molar-refractivity contribution is -0.0769. The van der Waals surface area contributed by atoms with Gasteiger partial charge in [0.2, 0.25) is 0 Å². The summed E-state index contributed by atoms with van der Waals surface area (Å²) in [5, 5.41) is 0.559. The Morgan fingerprint density at radius 2 is 1.56 bits per heavy atom. The maximum atomic E-state index is 13.2. The van der Waals surface area contributed by atoms with Crippen LogP contribution in [0.5, 0.6) is 0 Å². The van der Waals surface area contributed by atoms with Crippen molar-refractivity contribution < 1.29 is 4.39 Å². The highest BCUT2D eigenvalue weighted by atomic mass is 35.5. The van der Waals surface area contributed by atoms with Crippen molar-refractivity contribution in [2.75, 3.05) is 26.2 Å². The maximum Gasteiger partial charge on any atom is 0.124 e. The minimum atomic E-state index is -0.250. The first-order valence-corrected chi connectivity index (χ1v) is 10.4. The Labute approximate surface area is 155 Å². The van der Waals surface area contributed by atoms with Crippen LogP contribution in [0.2, 0.25) is 5.02 Å². The summed E-state index contributed by atoms with van der Waals surface area (Å²) in [5.41, 5.74) is 1.05. The van der Waals surface area contributed by atoms with E-state index in [1.165, 1.54) is 57.3 Å². The van der Waals surface area contributed by atoms with Gasteiger partial charge >= 0.3 is 0 Å². The van der Waals surface area contributed by atoms with Crippen molar-refractivity contribution in [3.8, 4) is 0 Å². The molecule has 1 heterocycles. The molecule has 0 aromatic heterocycles. The van der Waals surface area contributed by atoms with Crippen molar-refractivity contribution in [2.45, 2.75) is 44.7 Å². The molecular formula is C21H28ClFN2. The average molecular weight is 363 g/mol. The molecule has 0 unspecified atom stereocenters. The van der Waals surface area contributed by atoms with E-state index in [0.29, 0.717) is 5.02 Å². The van der Waals surface area contributed by atoms with E-state index in [0.717, 1.165) is 54.9 Å². The van der Waals surface area contributed by atoms with E-state index in [4.69, 9.17) is 11.6 Å². The predicted molar refractivity (Wildman–Crippen MR) is 99.1 cm³/mol. The van der Waals surface area contributed by atoms with Gasteiger partial charge < -0.3 is 0 Å². The van der Waals surface area contributed by atoms with Crippen LogP contribution in [0.25, 0.3) is 0 Å². The van der Waals surface area contributed by atoms with Crippen molar-refractivity contribution in [1.29, 1.82) is 0 Å². The fraction of sp³-hybridized carbons (Fsp3) is 0.714. The largest absolute Gasteiger partial charge is 0.297 e. The maximum absolute atomic E-state index is 13.2. The van der Waals surface area contributed by atoms with Gasteiger partial charge in [-0.2, -0.15) is 0 Å². The molecule has 25 heavy (non-hydrogen) atoms. The molecule has 0 radical (unpaired) electrons. The number of hydrogen-bond donors (Lipinski definition) is 0. The summed E-state index contributed by atoms with van der Waals surface area (Å²) in [6.45, 7) is 5.43. The first kappa shape index (κ1) is 16.5.